The number of aryl methyl sites for hydroxylation is 2. The molecule has 106 valence electrons. The number of hydrogen-bond donors (Lipinski definition) is 3. The van der Waals surface area contributed by atoms with Gasteiger partial charge in [-0.1, -0.05) is 5.16 Å². The number of urea groups is 1. The van der Waals surface area contributed by atoms with Crippen LogP contribution in [0.25, 0.3) is 0 Å². The van der Waals surface area contributed by atoms with Gasteiger partial charge in [-0.25, -0.2) is 4.79 Å². The van der Waals surface area contributed by atoms with Crippen molar-refractivity contribution in [2.24, 2.45) is 0 Å². The highest BCUT2D eigenvalue weighted by molar-refractivity contribution is 5.76. The first-order valence-corrected chi connectivity index (χ1v) is 5.91. The van der Waals surface area contributed by atoms with E-state index in [-0.39, 0.29) is 13.0 Å². The van der Waals surface area contributed by atoms with E-state index >= 15 is 0 Å². The van der Waals surface area contributed by atoms with E-state index in [2.05, 4.69) is 15.8 Å². The zero-order chi connectivity index (χ0) is 14.6. The van der Waals surface area contributed by atoms with Gasteiger partial charge in [-0.3, -0.25) is 4.79 Å². The van der Waals surface area contributed by atoms with Gasteiger partial charge >= 0.3 is 12.0 Å². The maximum Gasteiger partial charge on any atom is 0.315 e. The Balaban J connectivity index is 2.50. The number of aromatic nitrogens is 1. The van der Waals surface area contributed by atoms with Gasteiger partial charge in [0.2, 0.25) is 0 Å². The normalized spacial score (nSPS) is 11.2. The lowest BCUT2D eigenvalue weighted by Crippen LogP contribution is -2.49. The highest BCUT2D eigenvalue weighted by atomic mass is 16.5. The SMILES string of the molecule is Cc1noc(C)c1CNC(=O)NC(C)(C)CC(=O)O. The van der Waals surface area contributed by atoms with E-state index in [1.165, 1.54) is 0 Å². The van der Waals surface area contributed by atoms with Crippen molar-refractivity contribution in [3.8, 4) is 0 Å². The van der Waals surface area contributed by atoms with Crippen molar-refractivity contribution in [3.05, 3.63) is 17.0 Å². The van der Waals surface area contributed by atoms with Crippen LogP contribution in [0, 0.1) is 13.8 Å². The maximum absolute atomic E-state index is 11.7. The van der Waals surface area contributed by atoms with Crippen LogP contribution in [-0.2, 0) is 11.3 Å². The Morgan fingerprint density at radius 3 is 2.47 bits per heavy atom. The van der Waals surface area contributed by atoms with E-state index in [1.807, 2.05) is 0 Å². The van der Waals surface area contributed by atoms with Crippen molar-refractivity contribution in [3.63, 3.8) is 0 Å². The van der Waals surface area contributed by atoms with Gasteiger partial charge < -0.3 is 20.3 Å². The molecule has 1 heterocycles. The van der Waals surface area contributed by atoms with Crippen molar-refractivity contribution >= 4 is 12.0 Å². The lowest BCUT2D eigenvalue weighted by Gasteiger charge is -2.24. The van der Waals surface area contributed by atoms with Gasteiger partial charge in [-0.15, -0.1) is 0 Å². The van der Waals surface area contributed by atoms with E-state index in [0.29, 0.717) is 5.76 Å². The van der Waals surface area contributed by atoms with Gasteiger partial charge in [0.05, 0.1) is 12.1 Å². The van der Waals surface area contributed by atoms with Gasteiger partial charge in [-0.05, 0) is 27.7 Å². The minimum absolute atomic E-state index is 0.147. The topological polar surface area (TPSA) is 104 Å². The number of hydrogen-bond acceptors (Lipinski definition) is 4. The average Bonchev–Trinajstić information content (AvgIpc) is 2.53. The summed E-state index contributed by atoms with van der Waals surface area (Å²) in [5.74, 6) is -0.307. The third kappa shape index (κ3) is 4.61. The molecule has 3 N–H and O–H groups in total. The van der Waals surface area contributed by atoms with Crippen LogP contribution in [0.1, 0.15) is 37.3 Å². The first kappa shape index (κ1) is 15.0. The molecule has 19 heavy (non-hydrogen) atoms. The fraction of sp³-hybridized carbons (Fsp3) is 0.583. The summed E-state index contributed by atoms with van der Waals surface area (Å²) in [5, 5.41) is 17.8. The zero-order valence-corrected chi connectivity index (χ0v) is 11.5. The number of carboxylic acids is 1. The van der Waals surface area contributed by atoms with Crippen molar-refractivity contribution < 1.29 is 19.2 Å². The summed E-state index contributed by atoms with van der Waals surface area (Å²) in [4.78, 5) is 22.3. The largest absolute Gasteiger partial charge is 0.481 e. The zero-order valence-electron chi connectivity index (χ0n) is 11.5. The third-order valence-corrected chi connectivity index (χ3v) is 2.65. The second-order valence-electron chi connectivity index (χ2n) is 5.06. The van der Waals surface area contributed by atoms with Gasteiger partial charge in [0, 0.05) is 17.6 Å². The molecule has 1 aromatic heterocycles. The molecule has 0 aromatic carbocycles. The Kier molecular flexibility index (Phi) is 4.52. The second-order valence-corrected chi connectivity index (χ2v) is 5.06. The van der Waals surface area contributed by atoms with Gasteiger partial charge in [0.25, 0.3) is 0 Å². The van der Waals surface area contributed by atoms with Crippen LogP contribution < -0.4 is 10.6 Å². The molecular weight excluding hydrogens is 250 g/mol. The van der Waals surface area contributed by atoms with Crippen molar-refractivity contribution in [1.82, 2.24) is 15.8 Å². The summed E-state index contributed by atoms with van der Waals surface area (Å²) in [6.45, 7) is 7.15. The quantitative estimate of drug-likeness (QED) is 0.748. The van der Waals surface area contributed by atoms with Crippen LogP contribution in [0.4, 0.5) is 4.79 Å². The number of carbonyl (C=O) groups is 2. The molecule has 2 amide bonds. The number of amides is 2. The number of rotatable bonds is 5. The molecule has 0 radical (unpaired) electrons. The Morgan fingerprint density at radius 1 is 1.37 bits per heavy atom. The van der Waals surface area contributed by atoms with Gasteiger partial charge in [-0.2, -0.15) is 0 Å². The number of aliphatic carboxylic acids is 1. The Bertz CT molecular complexity index is 460. The first-order chi connectivity index (χ1) is 8.71. The molecule has 7 heteroatoms. The predicted octanol–water partition coefficient (Wildman–Crippen LogP) is 1.34. The molecule has 0 aliphatic heterocycles. The average molecular weight is 269 g/mol. The summed E-state index contributed by atoms with van der Waals surface area (Å²) in [5.41, 5.74) is 0.739. The number of nitrogens with one attached hydrogen (secondary N) is 2. The van der Waals surface area contributed by atoms with Crippen molar-refractivity contribution in [1.29, 1.82) is 0 Å². The molecule has 7 nitrogen and oxygen atoms in total. The lowest BCUT2D eigenvalue weighted by atomic mass is 10.0. The van der Waals surface area contributed by atoms with Crippen LogP contribution in [-0.4, -0.2) is 27.8 Å². The molecule has 0 bridgehead atoms. The Morgan fingerprint density at radius 2 is 2.00 bits per heavy atom. The lowest BCUT2D eigenvalue weighted by molar-refractivity contribution is -0.138. The highest BCUT2D eigenvalue weighted by Crippen LogP contribution is 2.12. The van der Waals surface area contributed by atoms with E-state index in [4.69, 9.17) is 9.63 Å². The fourth-order valence-electron chi connectivity index (χ4n) is 1.70. The molecule has 0 saturated carbocycles. The third-order valence-electron chi connectivity index (χ3n) is 2.65. The smallest absolute Gasteiger partial charge is 0.315 e. The molecular formula is C12H19N3O4. The second kappa shape index (κ2) is 5.73. The minimum Gasteiger partial charge on any atom is -0.481 e. The Labute approximate surface area is 111 Å². The van der Waals surface area contributed by atoms with Crippen LogP contribution in [0.5, 0.6) is 0 Å². The monoisotopic (exact) mass is 269 g/mol. The molecule has 0 saturated heterocycles. The summed E-state index contributed by atoms with van der Waals surface area (Å²) >= 11 is 0. The predicted molar refractivity (Wildman–Crippen MR) is 67.7 cm³/mol. The summed E-state index contributed by atoms with van der Waals surface area (Å²) < 4.78 is 4.98. The van der Waals surface area contributed by atoms with Crippen LogP contribution in [0.3, 0.4) is 0 Å². The van der Waals surface area contributed by atoms with E-state index in [9.17, 15) is 9.59 Å². The number of carboxylic acid groups (broad SMARTS) is 1. The van der Waals surface area contributed by atoms with Gasteiger partial charge in [0.15, 0.2) is 0 Å². The number of nitrogens with zero attached hydrogens (tertiary/aromatic N) is 1. The van der Waals surface area contributed by atoms with E-state index in [0.717, 1.165) is 11.3 Å². The van der Waals surface area contributed by atoms with Crippen molar-refractivity contribution in [2.45, 2.75) is 46.2 Å². The summed E-state index contributed by atoms with van der Waals surface area (Å²) in [7, 11) is 0. The molecule has 0 unspecified atom stereocenters. The first-order valence-electron chi connectivity index (χ1n) is 5.91. The van der Waals surface area contributed by atoms with Gasteiger partial charge in [0.1, 0.15) is 5.76 Å². The molecule has 0 spiro atoms. The molecule has 1 rings (SSSR count). The fourth-order valence-corrected chi connectivity index (χ4v) is 1.70. The Hall–Kier alpha value is -2.05. The highest BCUT2D eigenvalue weighted by Gasteiger charge is 2.23. The standard InChI is InChI=1S/C12H19N3O4/c1-7-9(8(2)19-15-7)6-13-11(18)14-12(3,4)5-10(16)17/h5-6H2,1-4H3,(H,16,17)(H2,13,14,18). The van der Waals surface area contributed by atoms with Crippen LogP contribution in [0.2, 0.25) is 0 Å². The number of carbonyl (C=O) groups excluding carboxylic acids is 1. The minimum atomic E-state index is -0.962. The summed E-state index contributed by atoms with van der Waals surface area (Å²) in [6, 6.07) is -0.425. The molecule has 0 aliphatic rings. The van der Waals surface area contributed by atoms with Crippen LogP contribution >= 0.6 is 0 Å². The molecule has 0 aliphatic carbocycles. The van der Waals surface area contributed by atoms with E-state index < -0.39 is 17.5 Å². The summed E-state index contributed by atoms with van der Waals surface area (Å²) in [6.07, 6.45) is -0.147. The molecule has 0 atom stereocenters. The molecule has 1 aromatic rings. The van der Waals surface area contributed by atoms with Crippen molar-refractivity contribution in [2.75, 3.05) is 0 Å². The van der Waals surface area contributed by atoms with Crippen LogP contribution in [0.15, 0.2) is 4.52 Å². The molecule has 0 fully saturated rings. The maximum atomic E-state index is 11.7. The van der Waals surface area contributed by atoms with E-state index in [1.54, 1.807) is 27.7 Å².